The van der Waals surface area contributed by atoms with Crippen LogP contribution in [0, 0.1) is 11.3 Å². The van der Waals surface area contributed by atoms with Crippen molar-refractivity contribution < 1.29 is 0 Å². The Kier molecular flexibility index (Phi) is 6.19. The van der Waals surface area contributed by atoms with Gasteiger partial charge in [-0.05, 0) is 37.3 Å². The molecule has 0 spiro atoms. The molecule has 188 valence electrons. The summed E-state index contributed by atoms with van der Waals surface area (Å²) in [5.41, 5.74) is 5.48. The predicted molar refractivity (Wildman–Crippen MR) is 152 cm³/mol. The number of aromatic amines is 1. The van der Waals surface area contributed by atoms with Crippen molar-refractivity contribution in [3.63, 3.8) is 0 Å². The van der Waals surface area contributed by atoms with E-state index >= 15 is 0 Å². The van der Waals surface area contributed by atoms with Gasteiger partial charge in [-0.2, -0.15) is 5.26 Å². The highest BCUT2D eigenvalue weighted by Gasteiger charge is 2.19. The fraction of sp³-hybridized carbons (Fsp3) is 0.0667. The van der Waals surface area contributed by atoms with E-state index in [-0.39, 0.29) is 11.6 Å². The highest BCUT2D eigenvalue weighted by atomic mass is 35.5. The van der Waals surface area contributed by atoms with Crippen molar-refractivity contribution in [1.82, 2.24) is 24.9 Å². The molecule has 2 N–H and O–H groups in total. The molecule has 6 aromatic rings. The zero-order valence-corrected chi connectivity index (χ0v) is 21.4. The Morgan fingerprint density at radius 3 is 2.54 bits per heavy atom. The van der Waals surface area contributed by atoms with Crippen LogP contribution in [0.15, 0.2) is 89.9 Å². The largest absolute Gasteiger partial charge is 0.375 e. The van der Waals surface area contributed by atoms with Gasteiger partial charge in [0.1, 0.15) is 17.3 Å². The van der Waals surface area contributed by atoms with E-state index in [9.17, 15) is 10.1 Å². The van der Waals surface area contributed by atoms with E-state index in [2.05, 4.69) is 26.3 Å². The predicted octanol–water partition coefficient (Wildman–Crippen LogP) is 6.29. The molecule has 4 heterocycles. The van der Waals surface area contributed by atoms with Crippen LogP contribution in [0.25, 0.3) is 44.6 Å². The summed E-state index contributed by atoms with van der Waals surface area (Å²) in [4.78, 5) is 34.2. The van der Waals surface area contributed by atoms with Crippen molar-refractivity contribution in [2.24, 2.45) is 0 Å². The molecule has 0 radical (unpaired) electrons. The number of aromatic nitrogens is 5. The molecule has 0 aliphatic rings. The average molecular weight is 530 g/mol. The van der Waals surface area contributed by atoms with Crippen molar-refractivity contribution in [2.75, 3.05) is 5.32 Å². The highest BCUT2D eigenvalue weighted by molar-refractivity contribution is 6.35. The summed E-state index contributed by atoms with van der Waals surface area (Å²) < 4.78 is 0. The molecule has 0 fully saturated rings. The van der Waals surface area contributed by atoms with Crippen molar-refractivity contribution in [2.45, 2.75) is 13.0 Å². The summed E-state index contributed by atoms with van der Waals surface area (Å²) in [6.07, 6.45) is 1.70. The van der Waals surface area contributed by atoms with Crippen molar-refractivity contribution in [3.05, 3.63) is 112 Å². The summed E-state index contributed by atoms with van der Waals surface area (Å²) in [7, 11) is 0. The third kappa shape index (κ3) is 4.67. The van der Waals surface area contributed by atoms with Gasteiger partial charge in [0.05, 0.1) is 39.4 Å². The zero-order chi connectivity index (χ0) is 26.9. The van der Waals surface area contributed by atoms with Crippen molar-refractivity contribution >= 4 is 39.4 Å². The quantitative estimate of drug-likeness (QED) is 0.269. The lowest BCUT2D eigenvalue weighted by atomic mass is 10.0. The first-order valence-corrected chi connectivity index (χ1v) is 12.6. The van der Waals surface area contributed by atoms with Gasteiger partial charge in [-0.25, -0.2) is 15.0 Å². The van der Waals surface area contributed by atoms with E-state index in [1.807, 2.05) is 67.6 Å². The van der Waals surface area contributed by atoms with Crippen LogP contribution in [0.3, 0.4) is 0 Å². The first-order valence-electron chi connectivity index (χ1n) is 12.2. The number of hydrogen-bond donors (Lipinski definition) is 2. The van der Waals surface area contributed by atoms with Gasteiger partial charge in [0, 0.05) is 28.8 Å². The molecule has 0 aliphatic carbocycles. The number of halogens is 1. The normalized spacial score (nSPS) is 11.8. The monoisotopic (exact) mass is 529 g/mol. The SMILES string of the molecule is CC(Nc1cc(=O)[nH]c2nc(-c3ccccc3)c(-c3cc(Cl)c4ncccc4c3)nc12)c1cccc(C#N)n1. The number of benzene rings is 2. The van der Waals surface area contributed by atoms with E-state index in [4.69, 9.17) is 21.6 Å². The van der Waals surface area contributed by atoms with Crippen LogP contribution < -0.4 is 10.9 Å². The molecule has 2 aromatic carbocycles. The number of anilines is 1. The second-order valence-corrected chi connectivity index (χ2v) is 9.40. The number of hydrogen-bond acceptors (Lipinski definition) is 7. The van der Waals surface area contributed by atoms with E-state index < -0.39 is 0 Å². The molecule has 1 unspecified atom stereocenters. The number of fused-ring (bicyclic) bond motifs is 2. The molecule has 0 saturated carbocycles. The van der Waals surface area contributed by atoms with E-state index in [1.54, 1.807) is 18.3 Å². The van der Waals surface area contributed by atoms with Crippen molar-refractivity contribution in [1.29, 1.82) is 5.26 Å². The second-order valence-electron chi connectivity index (χ2n) is 8.99. The summed E-state index contributed by atoms with van der Waals surface area (Å²) in [5, 5.41) is 14.0. The van der Waals surface area contributed by atoms with Gasteiger partial charge >= 0.3 is 0 Å². The molecule has 4 aromatic heterocycles. The smallest absolute Gasteiger partial charge is 0.251 e. The summed E-state index contributed by atoms with van der Waals surface area (Å²) in [5.74, 6) is 0. The topological polar surface area (TPSA) is 120 Å². The van der Waals surface area contributed by atoms with Gasteiger partial charge in [0.25, 0.3) is 5.56 Å². The number of nitriles is 1. The number of nitrogens with one attached hydrogen (secondary N) is 2. The first-order chi connectivity index (χ1) is 19.0. The third-order valence-electron chi connectivity index (χ3n) is 6.35. The first kappa shape index (κ1) is 24.2. The van der Waals surface area contributed by atoms with Gasteiger partial charge in [0.2, 0.25) is 0 Å². The Morgan fingerprint density at radius 2 is 1.72 bits per heavy atom. The lowest BCUT2D eigenvalue weighted by Crippen LogP contribution is -2.14. The fourth-order valence-corrected chi connectivity index (χ4v) is 4.79. The Bertz CT molecular complexity index is 1970. The van der Waals surface area contributed by atoms with Crippen LogP contribution >= 0.6 is 11.6 Å². The fourth-order valence-electron chi connectivity index (χ4n) is 4.52. The van der Waals surface area contributed by atoms with Crippen LogP contribution in [0.1, 0.15) is 24.4 Å². The summed E-state index contributed by atoms with van der Waals surface area (Å²) in [6.45, 7) is 1.90. The molecule has 0 amide bonds. The van der Waals surface area contributed by atoms with Crippen LogP contribution in [-0.4, -0.2) is 24.9 Å². The minimum Gasteiger partial charge on any atom is -0.375 e. The number of rotatable bonds is 5. The minimum absolute atomic E-state index is 0.314. The van der Waals surface area contributed by atoms with E-state index in [1.165, 1.54) is 6.07 Å². The molecular formula is C30H20ClN7O. The number of H-pyrrole nitrogens is 1. The van der Waals surface area contributed by atoms with Gasteiger partial charge < -0.3 is 10.3 Å². The molecule has 0 saturated heterocycles. The van der Waals surface area contributed by atoms with Crippen LogP contribution in [0.5, 0.6) is 0 Å². The Labute approximate surface area is 228 Å². The molecule has 39 heavy (non-hydrogen) atoms. The summed E-state index contributed by atoms with van der Waals surface area (Å²) in [6, 6.07) is 25.7. The van der Waals surface area contributed by atoms with Crippen molar-refractivity contribution in [3.8, 4) is 28.6 Å². The molecule has 0 bridgehead atoms. The average Bonchev–Trinajstić information content (AvgIpc) is 2.97. The zero-order valence-electron chi connectivity index (χ0n) is 20.7. The minimum atomic E-state index is -0.322. The molecular weight excluding hydrogens is 510 g/mol. The second kappa shape index (κ2) is 9.97. The molecule has 0 aliphatic heterocycles. The van der Waals surface area contributed by atoms with Gasteiger partial charge in [0.15, 0.2) is 5.65 Å². The lowest BCUT2D eigenvalue weighted by Gasteiger charge is -2.17. The maximum absolute atomic E-state index is 12.7. The lowest BCUT2D eigenvalue weighted by molar-refractivity contribution is 0.836. The maximum Gasteiger partial charge on any atom is 0.251 e. The van der Waals surface area contributed by atoms with Crippen LogP contribution in [0.2, 0.25) is 5.02 Å². The van der Waals surface area contributed by atoms with Gasteiger partial charge in [-0.15, -0.1) is 0 Å². The Balaban J connectivity index is 1.57. The number of pyridine rings is 3. The van der Waals surface area contributed by atoms with E-state index in [0.29, 0.717) is 50.2 Å². The number of nitrogens with zero attached hydrogens (tertiary/aromatic N) is 5. The van der Waals surface area contributed by atoms with E-state index in [0.717, 1.165) is 16.5 Å². The van der Waals surface area contributed by atoms with Gasteiger partial charge in [-0.3, -0.25) is 9.78 Å². The van der Waals surface area contributed by atoms with Crippen LogP contribution in [-0.2, 0) is 0 Å². The molecule has 6 rings (SSSR count). The third-order valence-corrected chi connectivity index (χ3v) is 6.64. The summed E-state index contributed by atoms with van der Waals surface area (Å²) >= 11 is 6.64. The standard InChI is InChI=1S/C30H20ClN7O/c1-17(23-11-5-10-21(16-32)35-23)34-24-15-25(39)36-30-29(24)37-28(27(38-30)18-7-3-2-4-8-18)20-13-19-9-6-12-33-26(19)22(31)14-20/h2-15,17H,1H3,(H2,34,36,38,39). The molecule has 9 heteroatoms. The van der Waals surface area contributed by atoms with Gasteiger partial charge in [-0.1, -0.05) is 54.1 Å². The van der Waals surface area contributed by atoms with Crippen LogP contribution in [0.4, 0.5) is 5.69 Å². The molecule has 8 nitrogen and oxygen atoms in total. The molecule has 1 atom stereocenters. The Hall–Kier alpha value is -5.13. The maximum atomic E-state index is 12.7. The highest BCUT2D eigenvalue weighted by Crippen LogP contribution is 2.36. The Morgan fingerprint density at radius 1 is 0.897 bits per heavy atom.